The molecule has 0 N–H and O–H groups in total. The largest absolute Gasteiger partial charge is 0.469 e. The first-order valence-electron chi connectivity index (χ1n) is 13.4. The molecule has 0 saturated carbocycles. The molecule has 0 bridgehead atoms. The maximum atomic E-state index is 12.8. The number of rotatable bonds is 9. The zero-order chi connectivity index (χ0) is 25.3. The van der Waals surface area contributed by atoms with Crippen LogP contribution >= 0.6 is 11.6 Å². The molecule has 1 aromatic heterocycles. The number of amides is 1. The SMILES string of the molecule is COC(=O)CCCCCCCCC(=O)N1CCC(=C2c3ccc(Cl)cc3CCc3cccnc32)CC1. The van der Waals surface area contributed by atoms with Crippen molar-refractivity contribution in [3.05, 3.63) is 69.5 Å². The fourth-order valence-electron chi connectivity index (χ4n) is 5.42. The minimum atomic E-state index is -0.131. The van der Waals surface area contributed by atoms with Crippen LogP contribution in [-0.4, -0.2) is 42.0 Å². The van der Waals surface area contributed by atoms with Crippen molar-refractivity contribution in [1.29, 1.82) is 0 Å². The van der Waals surface area contributed by atoms with Crippen molar-refractivity contribution in [3.8, 4) is 0 Å². The number of carbonyl (C=O) groups is 2. The van der Waals surface area contributed by atoms with Crippen molar-refractivity contribution in [2.75, 3.05) is 20.2 Å². The lowest BCUT2D eigenvalue weighted by Gasteiger charge is -2.30. The molecule has 5 nitrogen and oxygen atoms in total. The van der Waals surface area contributed by atoms with Gasteiger partial charge in [0, 0.05) is 42.7 Å². The molecule has 0 atom stereocenters. The standard InChI is InChI=1S/C30H37ClN2O3/c1-36-28(35)11-7-5-3-2-4-6-10-27(34)33-19-16-22(17-20-33)29-26-15-14-25(31)21-24(26)13-12-23-9-8-18-32-30(23)29/h8-9,14-15,18,21H,2-7,10-13,16-17,19-20H2,1H3. The summed E-state index contributed by atoms with van der Waals surface area (Å²) in [7, 11) is 1.43. The van der Waals surface area contributed by atoms with Crippen molar-refractivity contribution in [2.24, 2.45) is 0 Å². The minimum absolute atomic E-state index is 0.131. The quantitative estimate of drug-likeness (QED) is 0.284. The Morgan fingerprint density at radius 1 is 0.917 bits per heavy atom. The highest BCUT2D eigenvalue weighted by atomic mass is 35.5. The van der Waals surface area contributed by atoms with Crippen LogP contribution in [0.4, 0.5) is 0 Å². The van der Waals surface area contributed by atoms with Crippen LogP contribution in [0.2, 0.25) is 5.02 Å². The Morgan fingerprint density at radius 2 is 1.61 bits per heavy atom. The molecule has 1 aliphatic carbocycles. The van der Waals surface area contributed by atoms with Gasteiger partial charge in [-0.25, -0.2) is 0 Å². The van der Waals surface area contributed by atoms with E-state index in [1.165, 1.54) is 34.9 Å². The van der Waals surface area contributed by atoms with Crippen LogP contribution < -0.4 is 0 Å². The molecule has 2 aromatic rings. The molecule has 36 heavy (non-hydrogen) atoms. The summed E-state index contributed by atoms with van der Waals surface area (Å²) in [5.41, 5.74) is 7.58. The van der Waals surface area contributed by atoms with Crippen molar-refractivity contribution in [1.82, 2.24) is 9.88 Å². The van der Waals surface area contributed by atoms with Crippen LogP contribution in [0.5, 0.6) is 0 Å². The van der Waals surface area contributed by atoms with E-state index in [4.69, 9.17) is 16.6 Å². The molecule has 192 valence electrons. The molecule has 6 heteroatoms. The van der Waals surface area contributed by atoms with Crippen LogP contribution in [0, 0.1) is 0 Å². The van der Waals surface area contributed by atoms with Gasteiger partial charge < -0.3 is 9.64 Å². The first kappa shape index (κ1) is 26.4. The lowest BCUT2D eigenvalue weighted by Crippen LogP contribution is -2.36. The Kier molecular flexibility index (Phi) is 9.57. The number of ether oxygens (including phenoxy) is 1. The highest BCUT2D eigenvalue weighted by molar-refractivity contribution is 6.30. The van der Waals surface area contributed by atoms with Crippen LogP contribution in [0.15, 0.2) is 42.1 Å². The van der Waals surface area contributed by atoms with Crippen LogP contribution in [-0.2, 0) is 27.2 Å². The fourth-order valence-corrected chi connectivity index (χ4v) is 5.62. The minimum Gasteiger partial charge on any atom is -0.469 e. The molecule has 0 radical (unpaired) electrons. The molecule has 2 heterocycles. The van der Waals surface area contributed by atoms with Crippen molar-refractivity contribution in [3.63, 3.8) is 0 Å². The Morgan fingerprint density at radius 3 is 2.36 bits per heavy atom. The summed E-state index contributed by atoms with van der Waals surface area (Å²) >= 11 is 6.34. The van der Waals surface area contributed by atoms with E-state index < -0.39 is 0 Å². The number of hydrogen-bond donors (Lipinski definition) is 0. The van der Waals surface area contributed by atoms with Gasteiger partial charge in [-0.2, -0.15) is 0 Å². The topological polar surface area (TPSA) is 59.5 Å². The van der Waals surface area contributed by atoms with Gasteiger partial charge in [0.25, 0.3) is 0 Å². The first-order valence-corrected chi connectivity index (χ1v) is 13.7. The monoisotopic (exact) mass is 508 g/mol. The van der Waals surface area contributed by atoms with Gasteiger partial charge in [-0.1, -0.05) is 55.0 Å². The van der Waals surface area contributed by atoms with E-state index in [1.54, 1.807) is 0 Å². The normalized spacial score (nSPS) is 15.2. The first-order chi connectivity index (χ1) is 17.6. The van der Waals surface area contributed by atoms with Gasteiger partial charge in [0.05, 0.1) is 12.8 Å². The number of unbranched alkanes of at least 4 members (excludes halogenated alkanes) is 5. The van der Waals surface area contributed by atoms with Gasteiger partial charge in [-0.15, -0.1) is 0 Å². The number of benzene rings is 1. The molecule has 1 fully saturated rings. The Bertz CT molecular complexity index is 1100. The third-order valence-corrected chi connectivity index (χ3v) is 7.69. The number of likely N-dealkylation sites (tertiary alicyclic amines) is 1. The predicted molar refractivity (Wildman–Crippen MR) is 144 cm³/mol. The Labute approximate surface area is 219 Å². The van der Waals surface area contributed by atoms with E-state index in [1.807, 2.05) is 23.2 Å². The average molecular weight is 509 g/mol. The van der Waals surface area contributed by atoms with Gasteiger partial charge in [0.1, 0.15) is 0 Å². The number of carbonyl (C=O) groups excluding carboxylic acids is 2. The lowest BCUT2D eigenvalue weighted by molar-refractivity contribution is -0.140. The van der Waals surface area contributed by atoms with Gasteiger partial charge in [0.15, 0.2) is 0 Å². The average Bonchev–Trinajstić information content (AvgIpc) is 3.06. The second-order valence-corrected chi connectivity index (χ2v) is 10.3. The highest BCUT2D eigenvalue weighted by Gasteiger charge is 2.26. The van der Waals surface area contributed by atoms with E-state index in [0.29, 0.717) is 12.8 Å². The smallest absolute Gasteiger partial charge is 0.305 e. The van der Waals surface area contributed by atoms with Gasteiger partial charge in [0.2, 0.25) is 5.91 Å². The summed E-state index contributed by atoms with van der Waals surface area (Å²) in [6.45, 7) is 1.55. The summed E-state index contributed by atoms with van der Waals surface area (Å²) in [4.78, 5) is 30.8. The molecule has 1 saturated heterocycles. The molecular formula is C30H37ClN2O3. The van der Waals surface area contributed by atoms with Crippen LogP contribution in [0.1, 0.15) is 86.6 Å². The zero-order valence-corrected chi connectivity index (χ0v) is 22.1. The number of aromatic nitrogens is 1. The maximum absolute atomic E-state index is 12.8. The summed E-state index contributed by atoms with van der Waals surface area (Å²) in [5, 5.41) is 0.777. The summed E-state index contributed by atoms with van der Waals surface area (Å²) in [5.74, 6) is 0.144. The lowest BCUT2D eigenvalue weighted by atomic mass is 9.88. The second kappa shape index (κ2) is 13.0. The number of methoxy groups -OCH3 is 1. The number of pyridine rings is 1. The van der Waals surface area contributed by atoms with Crippen molar-refractivity contribution < 1.29 is 14.3 Å². The highest BCUT2D eigenvalue weighted by Crippen LogP contribution is 2.38. The van der Waals surface area contributed by atoms with E-state index in [-0.39, 0.29) is 11.9 Å². The van der Waals surface area contributed by atoms with Crippen molar-refractivity contribution >= 4 is 29.1 Å². The number of piperidine rings is 1. The van der Waals surface area contributed by atoms with Crippen molar-refractivity contribution in [2.45, 2.75) is 77.0 Å². The van der Waals surface area contributed by atoms with Gasteiger partial charge >= 0.3 is 5.97 Å². The van der Waals surface area contributed by atoms with Gasteiger partial charge in [-0.05, 0) is 73.4 Å². The van der Waals surface area contributed by atoms with Gasteiger partial charge in [-0.3, -0.25) is 14.6 Å². The third-order valence-electron chi connectivity index (χ3n) is 7.45. The summed E-state index contributed by atoms with van der Waals surface area (Å²) in [6, 6.07) is 10.4. The molecule has 1 aliphatic heterocycles. The molecular weight excluding hydrogens is 472 g/mol. The fraction of sp³-hybridized carbons (Fsp3) is 0.500. The zero-order valence-electron chi connectivity index (χ0n) is 21.4. The molecule has 2 aliphatic rings. The van der Waals surface area contributed by atoms with Crippen LogP contribution in [0.25, 0.3) is 5.57 Å². The number of esters is 1. The van der Waals surface area contributed by atoms with E-state index in [0.717, 1.165) is 88.0 Å². The number of aryl methyl sites for hydroxylation is 2. The number of fused-ring (bicyclic) bond motifs is 2. The number of hydrogen-bond acceptors (Lipinski definition) is 4. The van der Waals surface area contributed by atoms with E-state index in [9.17, 15) is 9.59 Å². The van der Waals surface area contributed by atoms with Crippen LogP contribution in [0.3, 0.4) is 0 Å². The maximum Gasteiger partial charge on any atom is 0.305 e. The predicted octanol–water partition coefficient (Wildman–Crippen LogP) is 6.55. The second-order valence-electron chi connectivity index (χ2n) is 9.87. The summed E-state index contributed by atoms with van der Waals surface area (Å²) < 4.78 is 4.67. The molecule has 1 amide bonds. The molecule has 4 rings (SSSR count). The molecule has 1 aromatic carbocycles. The molecule has 0 unspecified atom stereocenters. The van der Waals surface area contributed by atoms with E-state index in [2.05, 4.69) is 22.9 Å². The third kappa shape index (κ3) is 6.76. The molecule has 0 spiro atoms. The Balaban J connectivity index is 1.31. The number of nitrogens with zero attached hydrogens (tertiary/aromatic N) is 2. The Hall–Kier alpha value is -2.66. The number of halogens is 1. The summed E-state index contributed by atoms with van der Waals surface area (Å²) in [6.07, 6.45) is 12.9. The van der Waals surface area contributed by atoms with E-state index >= 15 is 0 Å².